The summed E-state index contributed by atoms with van der Waals surface area (Å²) in [6.45, 7) is 9.10. The minimum Gasteiger partial charge on any atom is -0.463 e. The van der Waals surface area contributed by atoms with Gasteiger partial charge in [0.05, 0.1) is 6.61 Å². The molecular formula is C13H21ClN4O. The van der Waals surface area contributed by atoms with Crippen LogP contribution in [0.5, 0.6) is 6.01 Å². The highest BCUT2D eigenvalue weighted by molar-refractivity contribution is 6.28. The van der Waals surface area contributed by atoms with Crippen LogP contribution in [0.1, 0.15) is 40.0 Å². The van der Waals surface area contributed by atoms with Gasteiger partial charge < -0.3 is 9.64 Å². The smallest absolute Gasteiger partial charge is 0.322 e. The van der Waals surface area contributed by atoms with Crippen molar-refractivity contribution in [2.75, 3.05) is 24.6 Å². The predicted molar refractivity (Wildman–Crippen MR) is 75.9 cm³/mol. The minimum absolute atomic E-state index is 0.195. The summed E-state index contributed by atoms with van der Waals surface area (Å²) < 4.78 is 5.44. The lowest BCUT2D eigenvalue weighted by Gasteiger charge is -2.36. The number of piperidine rings is 1. The van der Waals surface area contributed by atoms with Crippen molar-refractivity contribution in [1.82, 2.24) is 15.0 Å². The number of ether oxygens (including phenoxy) is 1. The van der Waals surface area contributed by atoms with E-state index < -0.39 is 0 Å². The van der Waals surface area contributed by atoms with Crippen LogP contribution in [-0.4, -0.2) is 34.6 Å². The molecule has 1 aromatic heterocycles. The first-order valence-electron chi connectivity index (χ1n) is 6.79. The lowest BCUT2D eigenvalue weighted by molar-refractivity contribution is 0.274. The third-order valence-corrected chi connectivity index (χ3v) is 3.58. The summed E-state index contributed by atoms with van der Waals surface area (Å²) in [6.07, 6.45) is 3.17. The van der Waals surface area contributed by atoms with Crippen molar-refractivity contribution in [1.29, 1.82) is 0 Å². The number of nitrogens with zero attached hydrogens (tertiary/aromatic N) is 4. The molecule has 0 bridgehead atoms. The van der Waals surface area contributed by atoms with Crippen LogP contribution in [0.25, 0.3) is 0 Å². The fourth-order valence-electron chi connectivity index (χ4n) is 2.03. The third-order valence-electron chi connectivity index (χ3n) is 3.41. The summed E-state index contributed by atoms with van der Waals surface area (Å²) in [6, 6.07) is 0.321. The molecule has 0 amide bonds. The van der Waals surface area contributed by atoms with Gasteiger partial charge in [0.25, 0.3) is 0 Å². The van der Waals surface area contributed by atoms with Gasteiger partial charge in [-0.15, -0.1) is 0 Å². The molecule has 5 nitrogen and oxygen atoms in total. The summed E-state index contributed by atoms with van der Waals surface area (Å²) in [4.78, 5) is 14.7. The summed E-state index contributed by atoms with van der Waals surface area (Å²) in [5, 5.41) is 0.195. The topological polar surface area (TPSA) is 51.1 Å². The maximum atomic E-state index is 5.94. The third kappa shape index (κ3) is 3.93. The average molecular weight is 285 g/mol. The molecule has 1 saturated heterocycles. The summed E-state index contributed by atoms with van der Waals surface area (Å²) >= 11 is 5.94. The van der Waals surface area contributed by atoms with Gasteiger partial charge in [-0.25, -0.2) is 0 Å². The van der Waals surface area contributed by atoms with Crippen molar-refractivity contribution in [3.63, 3.8) is 0 Å². The molecule has 0 N–H and O–H groups in total. The first-order chi connectivity index (χ1) is 9.00. The molecule has 0 unspecified atom stereocenters. The maximum Gasteiger partial charge on any atom is 0.322 e. The van der Waals surface area contributed by atoms with E-state index in [0.29, 0.717) is 24.0 Å². The van der Waals surface area contributed by atoms with E-state index >= 15 is 0 Å². The van der Waals surface area contributed by atoms with Gasteiger partial charge in [-0.2, -0.15) is 15.0 Å². The predicted octanol–water partition coefficient (Wildman–Crippen LogP) is 2.94. The molecular weight excluding hydrogens is 264 g/mol. The Labute approximate surface area is 119 Å². The molecule has 106 valence electrons. The molecule has 0 aliphatic carbocycles. The van der Waals surface area contributed by atoms with E-state index in [1.807, 2.05) is 6.92 Å². The molecule has 6 heteroatoms. The Bertz CT molecular complexity index is 429. The molecule has 0 aromatic carbocycles. The largest absolute Gasteiger partial charge is 0.463 e. The van der Waals surface area contributed by atoms with Crippen LogP contribution in [-0.2, 0) is 0 Å². The van der Waals surface area contributed by atoms with Gasteiger partial charge in [-0.3, -0.25) is 0 Å². The van der Waals surface area contributed by atoms with Gasteiger partial charge in [0, 0.05) is 13.1 Å². The van der Waals surface area contributed by atoms with Crippen LogP contribution in [0, 0.1) is 5.41 Å². The zero-order valence-corrected chi connectivity index (χ0v) is 12.6. The van der Waals surface area contributed by atoms with Crippen molar-refractivity contribution < 1.29 is 4.74 Å². The summed E-state index contributed by atoms with van der Waals surface area (Å²) in [5.74, 6) is 0.626. The first-order valence-corrected chi connectivity index (χ1v) is 7.17. The van der Waals surface area contributed by atoms with E-state index in [1.54, 1.807) is 0 Å². The number of aromatic nitrogens is 3. The standard InChI is InChI=1S/C13H21ClN4O/c1-4-9-19-12-16-10(14)15-11(17-12)18-7-5-13(2,3)6-8-18/h4-9H2,1-3H3. The molecule has 19 heavy (non-hydrogen) atoms. The van der Waals surface area contributed by atoms with Gasteiger partial charge in [0.1, 0.15) is 0 Å². The Balaban J connectivity index is 2.09. The summed E-state index contributed by atoms with van der Waals surface area (Å²) in [7, 11) is 0. The number of hydrogen-bond donors (Lipinski definition) is 0. The second-order valence-electron chi connectivity index (χ2n) is 5.69. The second-order valence-corrected chi connectivity index (χ2v) is 6.02. The molecule has 1 aliphatic heterocycles. The molecule has 2 heterocycles. The highest BCUT2D eigenvalue weighted by Gasteiger charge is 2.27. The van der Waals surface area contributed by atoms with Crippen molar-refractivity contribution in [3.8, 4) is 6.01 Å². The van der Waals surface area contributed by atoms with Crippen LogP contribution in [0.4, 0.5) is 5.95 Å². The van der Waals surface area contributed by atoms with Crippen LogP contribution in [0.3, 0.4) is 0 Å². The molecule has 2 rings (SSSR count). The Morgan fingerprint density at radius 3 is 2.53 bits per heavy atom. The molecule has 0 saturated carbocycles. The van der Waals surface area contributed by atoms with Crippen LogP contribution >= 0.6 is 11.6 Å². The monoisotopic (exact) mass is 284 g/mol. The molecule has 0 spiro atoms. The van der Waals surface area contributed by atoms with Gasteiger partial charge in [0.2, 0.25) is 11.2 Å². The van der Waals surface area contributed by atoms with Gasteiger partial charge in [-0.1, -0.05) is 20.8 Å². The van der Waals surface area contributed by atoms with Gasteiger partial charge in [0.15, 0.2) is 0 Å². The van der Waals surface area contributed by atoms with E-state index in [9.17, 15) is 0 Å². The van der Waals surface area contributed by atoms with E-state index in [-0.39, 0.29) is 5.28 Å². The normalized spacial score (nSPS) is 18.4. The molecule has 0 radical (unpaired) electrons. The van der Waals surface area contributed by atoms with Crippen molar-refractivity contribution in [2.45, 2.75) is 40.0 Å². The van der Waals surface area contributed by atoms with Crippen molar-refractivity contribution in [3.05, 3.63) is 5.28 Å². The van der Waals surface area contributed by atoms with E-state index in [1.165, 1.54) is 0 Å². The van der Waals surface area contributed by atoms with Gasteiger partial charge >= 0.3 is 6.01 Å². The highest BCUT2D eigenvalue weighted by Crippen LogP contribution is 2.31. The second kappa shape index (κ2) is 5.90. The lowest BCUT2D eigenvalue weighted by Crippen LogP contribution is -2.38. The molecule has 0 atom stereocenters. The fourth-order valence-corrected chi connectivity index (χ4v) is 2.18. The fraction of sp³-hybridized carbons (Fsp3) is 0.769. The van der Waals surface area contributed by atoms with Crippen LogP contribution in [0.15, 0.2) is 0 Å². The van der Waals surface area contributed by atoms with E-state index in [2.05, 4.69) is 33.7 Å². The Kier molecular flexibility index (Phi) is 4.45. The number of halogens is 1. The van der Waals surface area contributed by atoms with Crippen molar-refractivity contribution in [2.24, 2.45) is 5.41 Å². The molecule has 1 aromatic rings. The van der Waals surface area contributed by atoms with E-state index in [0.717, 1.165) is 32.4 Å². The first kappa shape index (κ1) is 14.3. The number of hydrogen-bond acceptors (Lipinski definition) is 5. The Morgan fingerprint density at radius 1 is 1.21 bits per heavy atom. The number of rotatable bonds is 4. The number of anilines is 1. The maximum absolute atomic E-state index is 5.94. The Morgan fingerprint density at radius 2 is 1.89 bits per heavy atom. The molecule has 1 fully saturated rings. The lowest BCUT2D eigenvalue weighted by atomic mass is 9.83. The van der Waals surface area contributed by atoms with Crippen LogP contribution < -0.4 is 9.64 Å². The molecule has 1 aliphatic rings. The van der Waals surface area contributed by atoms with E-state index in [4.69, 9.17) is 16.3 Å². The SMILES string of the molecule is CCCOc1nc(Cl)nc(N2CCC(C)(C)CC2)n1. The zero-order chi connectivity index (χ0) is 13.9. The quantitative estimate of drug-likeness (QED) is 0.851. The highest BCUT2D eigenvalue weighted by atomic mass is 35.5. The van der Waals surface area contributed by atoms with Gasteiger partial charge in [-0.05, 0) is 36.3 Å². The minimum atomic E-state index is 0.195. The Hall–Kier alpha value is -1.10. The van der Waals surface area contributed by atoms with Crippen molar-refractivity contribution >= 4 is 17.5 Å². The zero-order valence-electron chi connectivity index (χ0n) is 11.8. The summed E-state index contributed by atoms with van der Waals surface area (Å²) in [5.41, 5.74) is 0.398. The van der Waals surface area contributed by atoms with Crippen LogP contribution in [0.2, 0.25) is 5.28 Å². The average Bonchev–Trinajstić information content (AvgIpc) is 2.35.